The van der Waals surface area contributed by atoms with Crippen LogP contribution in [0.3, 0.4) is 0 Å². The van der Waals surface area contributed by atoms with E-state index >= 15 is 0 Å². The average Bonchev–Trinajstić information content (AvgIpc) is 2.23. The number of halogens is 3. The summed E-state index contributed by atoms with van der Waals surface area (Å²) in [6.45, 7) is 0. The number of nitrogens with one attached hydrogen (secondary N) is 1. The fourth-order valence-electron chi connectivity index (χ4n) is 1.42. The van der Waals surface area contributed by atoms with Crippen LogP contribution in [0.25, 0.3) is 0 Å². The Morgan fingerprint density at radius 1 is 1.06 bits per heavy atom. The highest BCUT2D eigenvalue weighted by atomic mass is 35.5. The van der Waals surface area contributed by atoms with Gasteiger partial charge in [-0.2, -0.15) is 0 Å². The van der Waals surface area contributed by atoms with Crippen LogP contribution in [0.4, 0.5) is 21.5 Å². The topological polar surface area (TPSA) is 38.0 Å². The van der Waals surface area contributed by atoms with Crippen LogP contribution in [0.15, 0.2) is 36.4 Å². The van der Waals surface area contributed by atoms with Crippen molar-refractivity contribution in [3.8, 4) is 0 Å². The molecule has 0 aliphatic carbocycles. The SMILES string of the molecule is Nc1cc(Cl)c(Nc2cccc(F)c2)c(Cl)c1. The van der Waals surface area contributed by atoms with Gasteiger partial charge in [0.25, 0.3) is 0 Å². The quantitative estimate of drug-likeness (QED) is 0.791. The molecule has 0 aliphatic rings. The lowest BCUT2D eigenvalue weighted by atomic mass is 10.2. The van der Waals surface area contributed by atoms with Crippen molar-refractivity contribution in [2.75, 3.05) is 11.1 Å². The zero-order valence-corrected chi connectivity index (χ0v) is 10.2. The van der Waals surface area contributed by atoms with Crippen molar-refractivity contribution in [1.29, 1.82) is 0 Å². The van der Waals surface area contributed by atoms with Gasteiger partial charge in [0.2, 0.25) is 0 Å². The highest BCUT2D eigenvalue weighted by Crippen LogP contribution is 2.34. The number of benzene rings is 2. The van der Waals surface area contributed by atoms with E-state index in [-0.39, 0.29) is 5.82 Å². The second-order valence-electron chi connectivity index (χ2n) is 3.49. The van der Waals surface area contributed by atoms with Gasteiger partial charge in [0.1, 0.15) is 5.82 Å². The number of hydrogen-bond donors (Lipinski definition) is 2. The van der Waals surface area contributed by atoms with Crippen molar-refractivity contribution in [2.45, 2.75) is 0 Å². The maximum absolute atomic E-state index is 13.0. The molecule has 0 saturated heterocycles. The van der Waals surface area contributed by atoms with Gasteiger partial charge < -0.3 is 11.1 Å². The molecule has 0 unspecified atom stereocenters. The molecule has 2 aromatic carbocycles. The molecule has 0 aromatic heterocycles. The molecular formula is C12H9Cl2FN2. The summed E-state index contributed by atoms with van der Waals surface area (Å²) in [7, 11) is 0. The normalized spacial score (nSPS) is 10.3. The minimum atomic E-state index is -0.335. The predicted molar refractivity (Wildman–Crippen MR) is 70.6 cm³/mol. The van der Waals surface area contributed by atoms with Gasteiger partial charge in [-0.1, -0.05) is 29.3 Å². The Bertz CT molecular complexity index is 535. The van der Waals surface area contributed by atoms with Crippen molar-refractivity contribution in [1.82, 2.24) is 0 Å². The van der Waals surface area contributed by atoms with E-state index in [2.05, 4.69) is 5.32 Å². The fraction of sp³-hybridized carbons (Fsp3) is 0. The molecule has 2 aromatic rings. The van der Waals surface area contributed by atoms with Crippen LogP contribution in [0.5, 0.6) is 0 Å². The average molecular weight is 271 g/mol. The Hall–Kier alpha value is -1.45. The monoisotopic (exact) mass is 270 g/mol. The first-order valence-corrected chi connectivity index (χ1v) is 5.59. The van der Waals surface area contributed by atoms with E-state index < -0.39 is 0 Å². The Kier molecular flexibility index (Phi) is 3.41. The molecule has 2 nitrogen and oxygen atoms in total. The Morgan fingerprint density at radius 2 is 1.71 bits per heavy atom. The highest BCUT2D eigenvalue weighted by Gasteiger charge is 2.07. The van der Waals surface area contributed by atoms with E-state index in [4.69, 9.17) is 28.9 Å². The summed E-state index contributed by atoms with van der Waals surface area (Å²) >= 11 is 12.0. The molecular weight excluding hydrogens is 262 g/mol. The lowest BCUT2D eigenvalue weighted by molar-refractivity contribution is 0.628. The second-order valence-corrected chi connectivity index (χ2v) is 4.31. The molecule has 5 heteroatoms. The molecule has 0 fully saturated rings. The molecule has 0 radical (unpaired) electrons. The zero-order chi connectivity index (χ0) is 12.4. The minimum Gasteiger partial charge on any atom is -0.399 e. The molecule has 0 aliphatic heterocycles. The van der Waals surface area contributed by atoms with Crippen LogP contribution in [-0.4, -0.2) is 0 Å². The van der Waals surface area contributed by atoms with E-state index in [9.17, 15) is 4.39 Å². The van der Waals surface area contributed by atoms with Crippen LogP contribution in [0, 0.1) is 5.82 Å². The van der Waals surface area contributed by atoms with Gasteiger partial charge in [-0.15, -0.1) is 0 Å². The van der Waals surface area contributed by atoms with E-state index in [1.807, 2.05) is 0 Å². The summed E-state index contributed by atoms with van der Waals surface area (Å²) in [6, 6.07) is 9.17. The van der Waals surface area contributed by atoms with E-state index in [0.717, 1.165) is 0 Å². The molecule has 0 saturated carbocycles. The number of nitrogen functional groups attached to an aromatic ring is 1. The number of nitrogens with two attached hydrogens (primary N) is 1. The lowest BCUT2D eigenvalue weighted by Crippen LogP contribution is -1.94. The van der Waals surface area contributed by atoms with E-state index in [1.54, 1.807) is 24.3 Å². The summed E-state index contributed by atoms with van der Waals surface area (Å²) in [4.78, 5) is 0. The van der Waals surface area contributed by atoms with Crippen molar-refractivity contribution >= 4 is 40.3 Å². The first-order valence-electron chi connectivity index (χ1n) is 4.83. The van der Waals surface area contributed by atoms with Gasteiger partial charge in [-0.05, 0) is 30.3 Å². The van der Waals surface area contributed by atoms with Crippen molar-refractivity contribution < 1.29 is 4.39 Å². The number of hydrogen-bond acceptors (Lipinski definition) is 2. The first-order chi connectivity index (χ1) is 8.06. The smallest absolute Gasteiger partial charge is 0.125 e. The second kappa shape index (κ2) is 4.82. The molecule has 0 amide bonds. The van der Waals surface area contributed by atoms with Gasteiger partial charge in [-0.3, -0.25) is 0 Å². The highest BCUT2D eigenvalue weighted by molar-refractivity contribution is 6.39. The van der Waals surface area contributed by atoms with Crippen molar-refractivity contribution in [3.05, 3.63) is 52.3 Å². The molecule has 0 bridgehead atoms. The van der Waals surface area contributed by atoms with Crippen molar-refractivity contribution in [3.63, 3.8) is 0 Å². The third-order valence-electron chi connectivity index (χ3n) is 2.16. The molecule has 0 spiro atoms. The predicted octanol–water partition coefficient (Wildman–Crippen LogP) is 4.46. The van der Waals surface area contributed by atoms with E-state index in [1.165, 1.54) is 12.1 Å². The van der Waals surface area contributed by atoms with Gasteiger partial charge in [0, 0.05) is 11.4 Å². The van der Waals surface area contributed by atoms with Crippen LogP contribution >= 0.6 is 23.2 Å². The summed E-state index contributed by atoms with van der Waals surface area (Å²) in [5.74, 6) is -0.335. The van der Waals surface area contributed by atoms with Crippen LogP contribution in [0.2, 0.25) is 10.0 Å². The maximum Gasteiger partial charge on any atom is 0.125 e. The molecule has 2 rings (SSSR count). The van der Waals surface area contributed by atoms with Gasteiger partial charge in [0.05, 0.1) is 15.7 Å². The Morgan fingerprint density at radius 3 is 2.29 bits per heavy atom. The van der Waals surface area contributed by atoms with Crippen molar-refractivity contribution in [2.24, 2.45) is 0 Å². The molecule has 88 valence electrons. The zero-order valence-electron chi connectivity index (χ0n) is 8.68. The van der Waals surface area contributed by atoms with E-state index in [0.29, 0.717) is 27.1 Å². The van der Waals surface area contributed by atoms with Crippen LogP contribution in [-0.2, 0) is 0 Å². The van der Waals surface area contributed by atoms with Gasteiger partial charge in [-0.25, -0.2) is 4.39 Å². The van der Waals surface area contributed by atoms with Gasteiger partial charge >= 0.3 is 0 Å². The summed E-state index contributed by atoms with van der Waals surface area (Å²) < 4.78 is 13.0. The number of anilines is 3. The summed E-state index contributed by atoms with van der Waals surface area (Å²) in [5.41, 5.74) is 7.14. The molecule has 0 atom stereocenters. The summed E-state index contributed by atoms with van der Waals surface area (Å²) in [5, 5.41) is 3.73. The molecule has 0 heterocycles. The lowest BCUT2D eigenvalue weighted by Gasteiger charge is -2.11. The molecule has 17 heavy (non-hydrogen) atoms. The Labute approximate surface area is 108 Å². The minimum absolute atomic E-state index is 0.335. The first kappa shape index (κ1) is 12.0. The Balaban J connectivity index is 2.36. The largest absolute Gasteiger partial charge is 0.399 e. The fourth-order valence-corrected chi connectivity index (χ4v) is 2.02. The van der Waals surface area contributed by atoms with Crippen LogP contribution < -0.4 is 11.1 Å². The third kappa shape index (κ3) is 2.81. The number of rotatable bonds is 2. The van der Waals surface area contributed by atoms with Gasteiger partial charge in [0.15, 0.2) is 0 Å². The van der Waals surface area contributed by atoms with Crippen LogP contribution in [0.1, 0.15) is 0 Å². The third-order valence-corrected chi connectivity index (χ3v) is 2.75. The maximum atomic E-state index is 13.0. The summed E-state index contributed by atoms with van der Waals surface area (Å²) in [6.07, 6.45) is 0. The standard InChI is InChI=1S/C12H9Cl2FN2/c13-10-5-8(16)6-11(14)12(10)17-9-3-1-2-7(15)4-9/h1-6,17H,16H2. The molecule has 3 N–H and O–H groups in total.